The fourth-order valence-electron chi connectivity index (χ4n) is 8.93. The third-order valence-corrected chi connectivity index (χ3v) is 12.6. The number of ketones is 3. The number of hydrogen-bond donors (Lipinski definition) is 1. The van der Waals surface area contributed by atoms with Gasteiger partial charge in [0.2, 0.25) is 0 Å². The minimum Gasteiger partial charge on any atom is -0.494 e. The maximum atomic E-state index is 13.9. The van der Waals surface area contributed by atoms with E-state index < -0.39 is 29.4 Å². The van der Waals surface area contributed by atoms with Crippen molar-refractivity contribution < 1.29 is 28.7 Å². The highest BCUT2D eigenvalue weighted by Gasteiger charge is 2.32. The topological polar surface area (TPSA) is 157 Å². The highest BCUT2D eigenvalue weighted by atomic mass is 16.6. The Bertz CT molecular complexity index is 2180. The molecule has 3 atom stereocenters. The average Bonchev–Trinajstić information content (AvgIpc) is 3.35. The standard InChI is InChI=1S/C59H79N7O6/c1-7-9-11-26-54(60-6)57(69)37-48(38-58(70)72-59(3,4)5)56(68)36-47(8-2)55(67)27-12-10-21-32-71-53-34-45(39-65(41-49-22-13-17-28-61-49)42-50-23-14-18-29-62-50)33-46(35-53)40-66(43-51-24-15-19-30-63-51)44-52-25-16-20-31-64-52/h13-20,22-25,28-31,33-35,47-48,54,60H,7-12,21,26-27,32,36-44H2,1-6H3/t47-,48+,54+/m1/s1. The van der Waals surface area contributed by atoms with E-state index in [2.05, 4.69) is 60.2 Å². The van der Waals surface area contributed by atoms with Crippen LogP contribution in [0, 0.1) is 11.8 Å². The number of unbranched alkanes of at least 4 members (excludes halogenated alkanes) is 4. The summed E-state index contributed by atoms with van der Waals surface area (Å²) in [5, 5.41) is 3.11. The summed E-state index contributed by atoms with van der Waals surface area (Å²) in [6.45, 7) is 13.6. The number of nitrogens with one attached hydrogen (secondary N) is 1. The van der Waals surface area contributed by atoms with Gasteiger partial charge >= 0.3 is 5.97 Å². The van der Waals surface area contributed by atoms with E-state index in [1.807, 2.05) is 105 Å². The van der Waals surface area contributed by atoms with Crippen molar-refractivity contribution in [1.82, 2.24) is 35.1 Å². The predicted molar refractivity (Wildman–Crippen MR) is 282 cm³/mol. The summed E-state index contributed by atoms with van der Waals surface area (Å²) in [4.78, 5) is 77.3. The monoisotopic (exact) mass is 982 g/mol. The van der Waals surface area contributed by atoms with Crippen LogP contribution in [0.4, 0.5) is 0 Å². The molecule has 0 unspecified atom stereocenters. The van der Waals surface area contributed by atoms with Crippen molar-refractivity contribution in [3.8, 4) is 5.75 Å². The second-order valence-corrected chi connectivity index (χ2v) is 20.0. The molecule has 0 fully saturated rings. The van der Waals surface area contributed by atoms with Gasteiger partial charge < -0.3 is 14.8 Å². The molecule has 386 valence electrons. The van der Waals surface area contributed by atoms with Crippen LogP contribution in [-0.4, -0.2) is 78.4 Å². The van der Waals surface area contributed by atoms with E-state index in [1.165, 1.54) is 0 Å². The number of Topliss-reactive ketones (excluding diaryl/α,β-unsaturated/α-hetero) is 3. The van der Waals surface area contributed by atoms with Gasteiger partial charge in [-0.25, -0.2) is 0 Å². The van der Waals surface area contributed by atoms with Gasteiger partial charge in [-0.15, -0.1) is 0 Å². The Kier molecular flexibility index (Phi) is 24.3. The lowest BCUT2D eigenvalue weighted by molar-refractivity contribution is -0.157. The summed E-state index contributed by atoms with van der Waals surface area (Å²) < 4.78 is 12.1. The molecule has 1 aromatic carbocycles. The molecule has 5 rings (SSSR count). The predicted octanol–water partition coefficient (Wildman–Crippen LogP) is 10.6. The van der Waals surface area contributed by atoms with Gasteiger partial charge in [0.15, 0.2) is 0 Å². The summed E-state index contributed by atoms with van der Waals surface area (Å²) in [6.07, 6.45) is 13.7. The minimum atomic E-state index is -0.845. The van der Waals surface area contributed by atoms with Crippen molar-refractivity contribution in [2.75, 3.05) is 13.7 Å². The molecule has 0 radical (unpaired) electrons. The summed E-state index contributed by atoms with van der Waals surface area (Å²) in [5.74, 6) is -1.37. The largest absolute Gasteiger partial charge is 0.494 e. The molecule has 0 aliphatic rings. The molecule has 4 heterocycles. The van der Waals surface area contributed by atoms with Crippen LogP contribution in [0.2, 0.25) is 0 Å². The number of nitrogens with zero attached hydrogens (tertiary/aromatic N) is 6. The van der Waals surface area contributed by atoms with Gasteiger partial charge in [0, 0.05) is 95.2 Å². The fourth-order valence-corrected chi connectivity index (χ4v) is 8.93. The number of hydrogen-bond acceptors (Lipinski definition) is 13. The number of ether oxygens (including phenoxy) is 2. The van der Waals surface area contributed by atoms with Crippen LogP contribution >= 0.6 is 0 Å². The summed E-state index contributed by atoms with van der Waals surface area (Å²) in [5.41, 5.74) is 5.36. The second kappa shape index (κ2) is 30.8. The minimum absolute atomic E-state index is 0.000216. The number of likely N-dealkylation sites (N-methyl/N-ethyl adjacent to an activating group) is 1. The number of carbonyl (C=O) groups excluding carboxylic acids is 4. The molecule has 5 aromatic rings. The highest BCUT2D eigenvalue weighted by Crippen LogP contribution is 2.26. The summed E-state index contributed by atoms with van der Waals surface area (Å²) >= 11 is 0. The number of rotatable bonds is 34. The first kappa shape index (κ1) is 56.9. The highest BCUT2D eigenvalue weighted by molar-refractivity contribution is 5.95. The molecule has 13 nitrogen and oxygen atoms in total. The molecule has 0 aliphatic heterocycles. The van der Waals surface area contributed by atoms with Crippen LogP contribution in [0.15, 0.2) is 116 Å². The van der Waals surface area contributed by atoms with Gasteiger partial charge in [-0.1, -0.05) is 63.4 Å². The van der Waals surface area contributed by atoms with E-state index >= 15 is 0 Å². The molecule has 0 aliphatic carbocycles. The van der Waals surface area contributed by atoms with Crippen LogP contribution in [0.5, 0.6) is 5.75 Å². The lowest BCUT2D eigenvalue weighted by atomic mass is 9.83. The van der Waals surface area contributed by atoms with Gasteiger partial charge in [-0.05, 0) is 132 Å². The fraction of sp³-hybridized carbons (Fsp3) is 0.492. The van der Waals surface area contributed by atoms with E-state index in [0.717, 1.165) is 71.8 Å². The summed E-state index contributed by atoms with van der Waals surface area (Å²) in [7, 11) is 1.75. The van der Waals surface area contributed by atoms with Crippen LogP contribution in [-0.2, 0) is 63.2 Å². The lowest BCUT2D eigenvalue weighted by Gasteiger charge is -2.25. The van der Waals surface area contributed by atoms with Gasteiger partial charge in [0.1, 0.15) is 28.7 Å². The summed E-state index contributed by atoms with van der Waals surface area (Å²) in [6, 6.07) is 30.1. The van der Waals surface area contributed by atoms with Crippen molar-refractivity contribution in [3.63, 3.8) is 0 Å². The van der Waals surface area contributed by atoms with Crippen LogP contribution < -0.4 is 10.1 Å². The lowest BCUT2D eigenvalue weighted by Crippen LogP contribution is -2.37. The van der Waals surface area contributed by atoms with Crippen molar-refractivity contribution >= 4 is 23.3 Å². The Morgan fingerprint density at radius 1 is 0.569 bits per heavy atom. The van der Waals surface area contributed by atoms with E-state index in [-0.39, 0.29) is 36.6 Å². The average molecular weight is 982 g/mol. The first-order valence-electron chi connectivity index (χ1n) is 26.1. The molecule has 0 saturated heterocycles. The van der Waals surface area contributed by atoms with E-state index in [9.17, 15) is 19.2 Å². The Hall–Kier alpha value is -6.02. The van der Waals surface area contributed by atoms with Crippen molar-refractivity contribution in [3.05, 3.63) is 150 Å². The molecular weight excluding hydrogens is 903 g/mol. The van der Waals surface area contributed by atoms with E-state index in [0.29, 0.717) is 71.6 Å². The van der Waals surface area contributed by atoms with Crippen molar-refractivity contribution in [2.24, 2.45) is 11.8 Å². The normalized spacial score (nSPS) is 12.9. The van der Waals surface area contributed by atoms with Crippen molar-refractivity contribution in [2.45, 2.75) is 163 Å². The molecule has 72 heavy (non-hydrogen) atoms. The maximum absolute atomic E-state index is 13.9. The number of carbonyl (C=O) groups is 4. The zero-order valence-corrected chi connectivity index (χ0v) is 43.8. The SMILES string of the molecule is CCCCC[C@H](NC)C(=O)C[C@@H](CC(=O)OC(C)(C)C)C(=O)C[C@@H](CC)C(=O)CCCCCOc1cc(CN(Cc2ccccn2)Cc2ccccn2)cc(CN(Cc2ccccn2)Cc2ccccn2)c1. The number of aromatic nitrogens is 4. The molecule has 0 bridgehead atoms. The molecule has 0 saturated carbocycles. The molecule has 4 aromatic heterocycles. The number of benzene rings is 1. The second-order valence-electron chi connectivity index (χ2n) is 20.0. The van der Waals surface area contributed by atoms with E-state index in [4.69, 9.17) is 9.47 Å². The van der Waals surface area contributed by atoms with E-state index in [1.54, 1.807) is 27.8 Å². The quantitative estimate of drug-likeness (QED) is 0.0307. The first-order chi connectivity index (χ1) is 34.8. The first-order valence-corrected chi connectivity index (χ1v) is 26.1. The molecular formula is C59H79N7O6. The van der Waals surface area contributed by atoms with Crippen molar-refractivity contribution in [1.29, 1.82) is 0 Å². The Balaban J connectivity index is 1.25. The molecule has 1 N–H and O–H groups in total. The molecule has 13 heteroatoms. The maximum Gasteiger partial charge on any atom is 0.307 e. The van der Waals surface area contributed by atoms with Gasteiger partial charge in [-0.2, -0.15) is 0 Å². The molecule has 0 amide bonds. The Labute approximate surface area is 429 Å². The molecule has 0 spiro atoms. The zero-order chi connectivity index (χ0) is 51.6. The number of esters is 1. The van der Waals surface area contributed by atoms with Crippen LogP contribution in [0.3, 0.4) is 0 Å². The third-order valence-electron chi connectivity index (χ3n) is 12.6. The van der Waals surface area contributed by atoms with Gasteiger partial charge in [0.05, 0.1) is 41.8 Å². The van der Waals surface area contributed by atoms with Crippen LogP contribution in [0.25, 0.3) is 0 Å². The zero-order valence-electron chi connectivity index (χ0n) is 43.8. The number of pyridine rings is 4. The van der Waals surface area contributed by atoms with Crippen LogP contribution in [0.1, 0.15) is 146 Å². The third kappa shape index (κ3) is 21.4. The van der Waals surface area contributed by atoms with Gasteiger partial charge in [0.25, 0.3) is 0 Å². The smallest absolute Gasteiger partial charge is 0.307 e. The Morgan fingerprint density at radius 2 is 1.07 bits per heavy atom. The van der Waals surface area contributed by atoms with Gasteiger partial charge in [-0.3, -0.25) is 48.9 Å². The Morgan fingerprint density at radius 3 is 1.50 bits per heavy atom.